The number of unbranched alkanes of at least 4 members (excludes halogenated alkanes) is 1. The van der Waals surface area contributed by atoms with Crippen LogP contribution in [-0.4, -0.2) is 52.9 Å². The quantitative estimate of drug-likeness (QED) is 0.252. The predicted octanol–water partition coefficient (Wildman–Crippen LogP) is 4.60. The SMILES string of the molecule is CCCCC(C)C1CC(=O)N[C@@H](Cc2c[nH]c3ccccc23)C(=O)N[C@@H](Cc2ccccc2)C(=O)N[C@H]([C@@H](C)CC)C(=O)O1. The molecular formula is C35H46N4O5. The van der Waals surface area contributed by atoms with Crippen LogP contribution in [0.5, 0.6) is 0 Å². The number of nitrogens with one attached hydrogen (secondary N) is 4. The van der Waals surface area contributed by atoms with Crippen LogP contribution >= 0.6 is 0 Å². The van der Waals surface area contributed by atoms with Gasteiger partial charge >= 0.3 is 5.97 Å². The molecule has 0 spiro atoms. The lowest BCUT2D eigenvalue weighted by atomic mass is 9.94. The first-order valence-corrected chi connectivity index (χ1v) is 15.9. The van der Waals surface area contributed by atoms with E-state index in [9.17, 15) is 19.2 Å². The molecule has 4 rings (SSSR count). The third kappa shape index (κ3) is 8.49. The van der Waals surface area contributed by atoms with E-state index in [4.69, 9.17) is 4.74 Å². The molecule has 3 aromatic rings. The predicted molar refractivity (Wildman–Crippen MR) is 171 cm³/mol. The first kappa shape index (κ1) is 32.8. The van der Waals surface area contributed by atoms with Crippen LogP contribution in [0.25, 0.3) is 10.9 Å². The highest BCUT2D eigenvalue weighted by molar-refractivity contribution is 5.95. The molecule has 0 saturated carbocycles. The molecule has 0 aliphatic carbocycles. The molecule has 2 aromatic carbocycles. The highest BCUT2D eigenvalue weighted by Gasteiger charge is 2.36. The largest absolute Gasteiger partial charge is 0.460 e. The summed E-state index contributed by atoms with van der Waals surface area (Å²) >= 11 is 0. The molecule has 3 amide bonds. The lowest BCUT2D eigenvalue weighted by molar-refractivity contribution is -0.158. The van der Waals surface area contributed by atoms with E-state index < -0.39 is 42.0 Å². The summed E-state index contributed by atoms with van der Waals surface area (Å²) in [7, 11) is 0. The fourth-order valence-electron chi connectivity index (χ4n) is 5.71. The Morgan fingerprint density at radius 2 is 1.50 bits per heavy atom. The highest BCUT2D eigenvalue weighted by atomic mass is 16.5. The first-order chi connectivity index (χ1) is 21.2. The molecule has 236 valence electrons. The molecule has 1 aromatic heterocycles. The zero-order valence-corrected chi connectivity index (χ0v) is 26.2. The van der Waals surface area contributed by atoms with Crippen LogP contribution in [0.1, 0.15) is 70.9 Å². The Balaban J connectivity index is 1.71. The zero-order chi connectivity index (χ0) is 31.6. The molecule has 2 heterocycles. The van der Waals surface area contributed by atoms with Crippen molar-refractivity contribution in [3.63, 3.8) is 0 Å². The zero-order valence-electron chi connectivity index (χ0n) is 26.2. The molecule has 44 heavy (non-hydrogen) atoms. The first-order valence-electron chi connectivity index (χ1n) is 15.9. The molecule has 1 saturated heterocycles. The van der Waals surface area contributed by atoms with Gasteiger partial charge in [0, 0.05) is 29.9 Å². The number of hydrogen-bond donors (Lipinski definition) is 4. The number of para-hydroxylation sites is 1. The maximum absolute atomic E-state index is 13.9. The van der Waals surface area contributed by atoms with Crippen molar-refractivity contribution in [2.75, 3.05) is 0 Å². The van der Waals surface area contributed by atoms with Crippen LogP contribution in [0.3, 0.4) is 0 Å². The summed E-state index contributed by atoms with van der Waals surface area (Å²) in [5, 5.41) is 9.69. The van der Waals surface area contributed by atoms with Crippen molar-refractivity contribution in [3.05, 3.63) is 71.9 Å². The van der Waals surface area contributed by atoms with Crippen LogP contribution in [0.2, 0.25) is 0 Å². The van der Waals surface area contributed by atoms with E-state index >= 15 is 0 Å². The highest BCUT2D eigenvalue weighted by Crippen LogP contribution is 2.23. The van der Waals surface area contributed by atoms with E-state index in [1.807, 2.05) is 81.6 Å². The van der Waals surface area contributed by atoms with Gasteiger partial charge in [-0.1, -0.05) is 95.5 Å². The Labute approximate surface area is 259 Å². The fraction of sp³-hybridized carbons (Fsp3) is 0.486. The number of ether oxygens (including phenoxy) is 1. The summed E-state index contributed by atoms with van der Waals surface area (Å²) in [5.41, 5.74) is 2.64. The van der Waals surface area contributed by atoms with E-state index in [-0.39, 0.29) is 37.0 Å². The molecule has 2 unspecified atom stereocenters. The number of cyclic esters (lactones) is 1. The average Bonchev–Trinajstić information content (AvgIpc) is 3.43. The van der Waals surface area contributed by atoms with Crippen molar-refractivity contribution in [1.29, 1.82) is 0 Å². The summed E-state index contributed by atoms with van der Waals surface area (Å²) < 4.78 is 6.03. The van der Waals surface area contributed by atoms with E-state index in [1.54, 1.807) is 0 Å². The minimum atomic E-state index is -0.980. The maximum atomic E-state index is 13.9. The topological polar surface area (TPSA) is 129 Å². The van der Waals surface area contributed by atoms with E-state index in [0.717, 1.165) is 41.3 Å². The summed E-state index contributed by atoms with van der Waals surface area (Å²) in [6.07, 6.45) is 4.79. The fourth-order valence-corrected chi connectivity index (χ4v) is 5.71. The van der Waals surface area contributed by atoms with Crippen LogP contribution in [-0.2, 0) is 36.8 Å². The molecule has 9 nitrogen and oxygen atoms in total. The molecule has 0 radical (unpaired) electrons. The molecule has 1 fully saturated rings. The number of aromatic nitrogens is 1. The van der Waals surface area contributed by atoms with Gasteiger partial charge in [0.1, 0.15) is 24.2 Å². The number of carbonyl (C=O) groups is 4. The Kier molecular flexibility index (Phi) is 11.6. The number of rotatable bonds is 10. The number of amides is 3. The van der Waals surface area contributed by atoms with Crippen LogP contribution in [0, 0.1) is 11.8 Å². The van der Waals surface area contributed by atoms with E-state index in [2.05, 4.69) is 27.9 Å². The van der Waals surface area contributed by atoms with Gasteiger partial charge in [0.2, 0.25) is 17.7 Å². The van der Waals surface area contributed by atoms with Crippen molar-refractivity contribution >= 4 is 34.6 Å². The number of carbonyl (C=O) groups excluding carboxylic acids is 4. The van der Waals surface area contributed by atoms with Gasteiger partial charge in [-0.05, 0) is 35.4 Å². The Morgan fingerprint density at radius 3 is 2.23 bits per heavy atom. The molecule has 4 N–H and O–H groups in total. The number of benzene rings is 2. The molecule has 0 bridgehead atoms. The van der Waals surface area contributed by atoms with Gasteiger partial charge < -0.3 is 25.7 Å². The average molecular weight is 603 g/mol. The summed E-state index contributed by atoms with van der Waals surface area (Å²) in [6, 6.07) is 14.3. The van der Waals surface area contributed by atoms with Gasteiger partial charge in [-0.3, -0.25) is 14.4 Å². The summed E-state index contributed by atoms with van der Waals surface area (Å²) in [6.45, 7) is 7.89. The standard InChI is InChI=1S/C35H46N4O5/c1-5-7-13-23(4)30-20-31(40)37-29(19-25-21-36-27-17-12-11-16-26(25)27)33(41)38-28(18-24-14-9-8-10-15-24)34(42)39-32(22(3)6-2)35(43)44-30/h8-12,14-17,21-23,28-30,32,36H,5-7,13,18-20H2,1-4H3,(H,37,40)(H,38,41)(H,39,42)/t22-,23?,28-,29-,30?,32+/m0/s1. The second-order valence-corrected chi connectivity index (χ2v) is 12.1. The van der Waals surface area contributed by atoms with E-state index in [1.165, 1.54) is 0 Å². The molecule has 1 aliphatic rings. The van der Waals surface area contributed by atoms with Crippen molar-refractivity contribution < 1.29 is 23.9 Å². The van der Waals surface area contributed by atoms with Crippen molar-refractivity contribution in [2.24, 2.45) is 11.8 Å². The van der Waals surface area contributed by atoms with Gasteiger partial charge in [-0.25, -0.2) is 4.79 Å². The smallest absolute Gasteiger partial charge is 0.329 e. The third-order valence-corrected chi connectivity index (χ3v) is 8.73. The minimum absolute atomic E-state index is 0.0805. The Bertz CT molecular complexity index is 1420. The number of hydrogen-bond acceptors (Lipinski definition) is 5. The summed E-state index contributed by atoms with van der Waals surface area (Å²) in [4.78, 5) is 58.2. The number of fused-ring (bicyclic) bond motifs is 1. The molecule has 9 heteroatoms. The normalized spacial score (nSPS) is 23.3. The number of aromatic amines is 1. The maximum Gasteiger partial charge on any atom is 0.329 e. The Morgan fingerprint density at radius 1 is 0.818 bits per heavy atom. The Hall–Kier alpha value is -4.14. The van der Waals surface area contributed by atoms with E-state index in [0.29, 0.717) is 6.42 Å². The number of esters is 1. The summed E-state index contributed by atoms with van der Waals surface area (Å²) in [5.74, 6) is -2.20. The van der Waals surface area contributed by atoms with Gasteiger partial charge in [0.15, 0.2) is 0 Å². The minimum Gasteiger partial charge on any atom is -0.460 e. The third-order valence-electron chi connectivity index (χ3n) is 8.73. The van der Waals surface area contributed by atoms with Gasteiger partial charge in [0.25, 0.3) is 0 Å². The van der Waals surface area contributed by atoms with Crippen LogP contribution in [0.15, 0.2) is 60.8 Å². The van der Waals surface area contributed by atoms with Gasteiger partial charge in [0.05, 0.1) is 6.42 Å². The molecule has 6 atom stereocenters. The lowest BCUT2D eigenvalue weighted by Crippen LogP contribution is -2.57. The van der Waals surface area contributed by atoms with Crippen molar-refractivity contribution in [3.8, 4) is 0 Å². The second kappa shape index (κ2) is 15.5. The van der Waals surface area contributed by atoms with Crippen LogP contribution in [0.4, 0.5) is 0 Å². The monoisotopic (exact) mass is 602 g/mol. The molecular weight excluding hydrogens is 556 g/mol. The van der Waals surface area contributed by atoms with Gasteiger partial charge in [-0.15, -0.1) is 0 Å². The van der Waals surface area contributed by atoms with Crippen LogP contribution < -0.4 is 16.0 Å². The second-order valence-electron chi connectivity index (χ2n) is 12.1. The lowest BCUT2D eigenvalue weighted by Gasteiger charge is -2.29. The van der Waals surface area contributed by atoms with Crippen molar-refractivity contribution in [2.45, 2.75) is 96.9 Å². The van der Waals surface area contributed by atoms with Crippen molar-refractivity contribution in [1.82, 2.24) is 20.9 Å². The molecule has 1 aliphatic heterocycles. The van der Waals surface area contributed by atoms with Gasteiger partial charge in [-0.2, -0.15) is 0 Å². The number of H-pyrrole nitrogens is 1.